The molecule has 0 aliphatic carbocycles. The van der Waals surface area contributed by atoms with Gasteiger partial charge in [0, 0.05) is 40.0 Å². The Kier molecular flexibility index (Phi) is 13.4. The third-order valence-corrected chi connectivity index (χ3v) is 5.52. The van der Waals surface area contributed by atoms with Gasteiger partial charge in [-0.15, -0.1) is 24.0 Å². The molecule has 29 heavy (non-hydrogen) atoms. The molecule has 1 atom stereocenters. The van der Waals surface area contributed by atoms with Gasteiger partial charge in [0.05, 0.1) is 13.2 Å². The molecule has 1 aromatic carbocycles. The molecule has 0 bridgehead atoms. The van der Waals surface area contributed by atoms with Crippen molar-refractivity contribution in [2.24, 2.45) is 4.99 Å². The molecule has 0 amide bonds. The molecule has 0 heterocycles. The Labute approximate surface area is 191 Å². The second-order valence-corrected chi connectivity index (χ2v) is 9.16. The summed E-state index contributed by atoms with van der Waals surface area (Å²) in [5.41, 5.74) is 0.488. The number of nitrogens with one attached hydrogen (secondary N) is 2. The van der Waals surface area contributed by atoms with Crippen LogP contribution in [0.25, 0.3) is 0 Å². The SMILES string of the molecule is CCNC(=NCc1cccc(OCC)c1OC(F)F)NCCS(=O)C(C)(C)C.I. The predicted octanol–water partition coefficient (Wildman–Crippen LogP) is 3.91. The molecule has 2 N–H and O–H groups in total. The number of para-hydroxylation sites is 1. The van der Waals surface area contributed by atoms with Gasteiger partial charge in [-0.2, -0.15) is 8.78 Å². The van der Waals surface area contributed by atoms with Crippen LogP contribution in [0.4, 0.5) is 8.78 Å². The molecule has 1 unspecified atom stereocenters. The summed E-state index contributed by atoms with van der Waals surface area (Å²) in [6.07, 6.45) is 0. The van der Waals surface area contributed by atoms with Gasteiger partial charge in [0.15, 0.2) is 17.5 Å². The van der Waals surface area contributed by atoms with Gasteiger partial charge in [-0.3, -0.25) is 4.21 Å². The van der Waals surface area contributed by atoms with Crippen LogP contribution in [0, 0.1) is 0 Å². The van der Waals surface area contributed by atoms with Crippen molar-refractivity contribution in [1.82, 2.24) is 10.6 Å². The van der Waals surface area contributed by atoms with Crippen LogP contribution >= 0.6 is 24.0 Å². The largest absolute Gasteiger partial charge is 0.490 e. The number of hydrogen-bond donors (Lipinski definition) is 2. The maximum Gasteiger partial charge on any atom is 0.387 e. The fourth-order valence-electron chi connectivity index (χ4n) is 2.25. The number of rotatable bonds is 10. The number of benzene rings is 1. The Balaban J connectivity index is 0.00000784. The van der Waals surface area contributed by atoms with Crippen molar-refractivity contribution in [2.45, 2.75) is 52.5 Å². The maximum absolute atomic E-state index is 12.8. The van der Waals surface area contributed by atoms with E-state index in [9.17, 15) is 13.0 Å². The minimum Gasteiger partial charge on any atom is -0.490 e. The van der Waals surface area contributed by atoms with Crippen molar-refractivity contribution < 1.29 is 22.5 Å². The van der Waals surface area contributed by atoms with Crippen LogP contribution in [0.1, 0.15) is 40.2 Å². The van der Waals surface area contributed by atoms with Crippen LogP contribution in [0.15, 0.2) is 23.2 Å². The van der Waals surface area contributed by atoms with Gasteiger partial charge in [-0.25, -0.2) is 4.99 Å². The van der Waals surface area contributed by atoms with E-state index in [4.69, 9.17) is 4.74 Å². The Morgan fingerprint density at radius 2 is 1.93 bits per heavy atom. The Morgan fingerprint density at radius 1 is 1.24 bits per heavy atom. The fourth-order valence-corrected chi connectivity index (χ4v) is 3.15. The second kappa shape index (κ2) is 13.9. The number of alkyl halides is 2. The number of halogens is 3. The first-order valence-corrected chi connectivity index (χ1v) is 10.6. The first-order valence-electron chi connectivity index (χ1n) is 9.29. The van der Waals surface area contributed by atoms with Crippen LogP contribution in [-0.4, -0.2) is 47.0 Å². The molecule has 0 saturated heterocycles. The summed E-state index contributed by atoms with van der Waals surface area (Å²) in [5, 5.41) is 6.20. The standard InChI is InChI=1S/C19H31F2N3O3S.HI/c1-6-22-18(23-11-12-28(25)19(3,4)5)24-13-14-9-8-10-15(26-7-2)16(14)27-17(20)21;/h8-10,17H,6-7,11-13H2,1-5H3,(H2,22,23,24);1H. The molecule has 1 rings (SSSR count). The molecule has 0 fully saturated rings. The monoisotopic (exact) mass is 547 g/mol. The number of hydrogen-bond acceptors (Lipinski definition) is 4. The molecular formula is C19H32F2IN3O3S. The van der Waals surface area contributed by atoms with Crippen molar-refractivity contribution in [3.63, 3.8) is 0 Å². The minimum atomic E-state index is -2.96. The summed E-state index contributed by atoms with van der Waals surface area (Å²) < 4.78 is 47.5. The molecule has 0 spiro atoms. The van der Waals surface area contributed by atoms with Crippen molar-refractivity contribution >= 4 is 40.7 Å². The quantitative estimate of drug-likeness (QED) is 0.264. The normalized spacial score (nSPS) is 12.9. The highest BCUT2D eigenvalue weighted by Gasteiger charge is 2.19. The number of guanidine groups is 1. The van der Waals surface area contributed by atoms with Gasteiger partial charge in [-0.05, 0) is 40.7 Å². The lowest BCUT2D eigenvalue weighted by atomic mass is 10.2. The first-order chi connectivity index (χ1) is 13.2. The highest BCUT2D eigenvalue weighted by molar-refractivity contribution is 14.0. The third-order valence-electron chi connectivity index (χ3n) is 3.58. The van der Waals surface area contributed by atoms with Gasteiger partial charge in [0.25, 0.3) is 0 Å². The predicted molar refractivity (Wildman–Crippen MR) is 125 cm³/mol. The molecule has 1 aromatic rings. The van der Waals surface area contributed by atoms with Crippen molar-refractivity contribution in [1.29, 1.82) is 0 Å². The van der Waals surface area contributed by atoms with E-state index < -0.39 is 17.4 Å². The molecule has 0 radical (unpaired) electrons. The van der Waals surface area contributed by atoms with E-state index >= 15 is 0 Å². The summed E-state index contributed by atoms with van der Waals surface area (Å²) in [6, 6.07) is 4.96. The second-order valence-electron chi connectivity index (χ2n) is 6.84. The molecule has 0 aliphatic rings. The summed E-state index contributed by atoms with van der Waals surface area (Å²) in [6.45, 7) is 8.10. The van der Waals surface area contributed by atoms with Gasteiger partial charge in [0.1, 0.15) is 0 Å². The highest BCUT2D eigenvalue weighted by atomic mass is 127. The molecule has 168 valence electrons. The van der Waals surface area contributed by atoms with E-state index in [1.807, 2.05) is 27.7 Å². The smallest absolute Gasteiger partial charge is 0.387 e. The number of nitrogens with zero attached hydrogens (tertiary/aromatic N) is 1. The Bertz CT molecular complexity index is 671. The lowest BCUT2D eigenvalue weighted by Gasteiger charge is -2.18. The van der Waals surface area contributed by atoms with Crippen LogP contribution in [0.5, 0.6) is 11.5 Å². The molecule has 0 aromatic heterocycles. The lowest BCUT2D eigenvalue weighted by Crippen LogP contribution is -2.40. The van der Waals surface area contributed by atoms with Crippen LogP contribution in [-0.2, 0) is 17.3 Å². The van der Waals surface area contributed by atoms with Crippen LogP contribution in [0.2, 0.25) is 0 Å². The molecular weight excluding hydrogens is 515 g/mol. The van der Waals surface area contributed by atoms with E-state index in [0.29, 0.717) is 37.0 Å². The zero-order chi connectivity index (χ0) is 21.2. The zero-order valence-electron chi connectivity index (χ0n) is 17.6. The number of aliphatic imine (C=N–C) groups is 1. The van der Waals surface area contributed by atoms with Crippen LogP contribution < -0.4 is 20.1 Å². The average Bonchev–Trinajstić information content (AvgIpc) is 2.60. The highest BCUT2D eigenvalue weighted by Crippen LogP contribution is 2.33. The van der Waals surface area contributed by atoms with E-state index in [0.717, 1.165) is 0 Å². The van der Waals surface area contributed by atoms with Gasteiger partial charge < -0.3 is 20.1 Å². The Hall–Kier alpha value is -1.17. The van der Waals surface area contributed by atoms with E-state index in [-0.39, 0.29) is 46.8 Å². The van der Waals surface area contributed by atoms with Crippen molar-refractivity contribution in [3.8, 4) is 11.5 Å². The first kappa shape index (κ1) is 27.8. The summed E-state index contributed by atoms with van der Waals surface area (Å²) in [4.78, 5) is 4.43. The van der Waals surface area contributed by atoms with Crippen molar-refractivity contribution in [2.75, 3.05) is 25.4 Å². The third kappa shape index (κ3) is 10.4. The lowest BCUT2D eigenvalue weighted by molar-refractivity contribution is -0.0520. The summed E-state index contributed by atoms with van der Waals surface area (Å²) >= 11 is 0. The summed E-state index contributed by atoms with van der Waals surface area (Å²) in [7, 11) is -0.979. The fraction of sp³-hybridized carbons (Fsp3) is 0.632. The van der Waals surface area contributed by atoms with E-state index in [1.165, 1.54) is 0 Å². The Morgan fingerprint density at radius 3 is 2.48 bits per heavy atom. The maximum atomic E-state index is 12.8. The zero-order valence-corrected chi connectivity index (χ0v) is 20.7. The molecule has 10 heteroatoms. The van der Waals surface area contributed by atoms with E-state index in [1.54, 1.807) is 25.1 Å². The van der Waals surface area contributed by atoms with Crippen LogP contribution in [0.3, 0.4) is 0 Å². The van der Waals surface area contributed by atoms with Gasteiger partial charge in [-0.1, -0.05) is 12.1 Å². The van der Waals surface area contributed by atoms with Crippen molar-refractivity contribution in [3.05, 3.63) is 23.8 Å². The molecule has 0 saturated carbocycles. The molecule has 6 nitrogen and oxygen atoms in total. The van der Waals surface area contributed by atoms with E-state index in [2.05, 4.69) is 20.4 Å². The summed E-state index contributed by atoms with van der Waals surface area (Å²) in [5.74, 6) is 1.24. The topological polar surface area (TPSA) is 72.0 Å². The number of ether oxygens (including phenoxy) is 2. The van der Waals surface area contributed by atoms with Gasteiger partial charge >= 0.3 is 6.61 Å². The molecule has 0 aliphatic heterocycles. The average molecular weight is 547 g/mol. The van der Waals surface area contributed by atoms with Gasteiger partial charge in [0.2, 0.25) is 0 Å². The minimum absolute atomic E-state index is 0.